The summed E-state index contributed by atoms with van der Waals surface area (Å²) < 4.78 is 4.80. The van der Waals surface area contributed by atoms with Crippen LogP contribution in [0.15, 0.2) is 49.1 Å². The van der Waals surface area contributed by atoms with Crippen molar-refractivity contribution >= 4 is 5.97 Å². The Morgan fingerprint density at radius 3 is 2.58 bits per heavy atom. The zero-order chi connectivity index (χ0) is 13.5. The zero-order valence-corrected chi connectivity index (χ0v) is 10.6. The molecule has 2 rings (SSSR count). The fourth-order valence-corrected chi connectivity index (χ4v) is 1.73. The topological polar surface area (TPSA) is 64.1 Å². The molecule has 0 saturated carbocycles. The maximum absolute atomic E-state index is 11.8. The molecule has 1 atom stereocenters. The Kier molecular flexibility index (Phi) is 4.58. The second kappa shape index (κ2) is 6.61. The number of esters is 1. The molecule has 0 aliphatic carbocycles. The summed E-state index contributed by atoms with van der Waals surface area (Å²) in [5, 5.41) is 3.15. The molecular weight excluding hydrogens is 242 g/mol. The Morgan fingerprint density at radius 1 is 1.26 bits per heavy atom. The van der Waals surface area contributed by atoms with Gasteiger partial charge in [0.15, 0.2) is 0 Å². The summed E-state index contributed by atoms with van der Waals surface area (Å²) in [6, 6.07) is 9.27. The first-order chi connectivity index (χ1) is 9.31. The van der Waals surface area contributed by atoms with Crippen molar-refractivity contribution in [1.29, 1.82) is 0 Å². The first-order valence-corrected chi connectivity index (χ1v) is 5.91. The number of rotatable bonds is 5. The largest absolute Gasteiger partial charge is 0.468 e. The van der Waals surface area contributed by atoms with Crippen LogP contribution in [0.2, 0.25) is 0 Å². The predicted octanol–water partition coefficient (Wildman–Crippen LogP) is 1.48. The van der Waals surface area contributed by atoms with Crippen molar-refractivity contribution in [3.8, 4) is 0 Å². The van der Waals surface area contributed by atoms with Crippen molar-refractivity contribution in [3.63, 3.8) is 0 Å². The van der Waals surface area contributed by atoms with Crippen LogP contribution in [0.25, 0.3) is 0 Å². The van der Waals surface area contributed by atoms with Gasteiger partial charge in [-0.3, -0.25) is 5.32 Å². The maximum atomic E-state index is 11.8. The van der Waals surface area contributed by atoms with Crippen LogP contribution in [-0.2, 0) is 16.1 Å². The van der Waals surface area contributed by atoms with Gasteiger partial charge in [-0.2, -0.15) is 0 Å². The second-order valence-electron chi connectivity index (χ2n) is 3.99. The number of carbonyl (C=O) groups excluding carboxylic acids is 1. The monoisotopic (exact) mass is 257 g/mol. The summed E-state index contributed by atoms with van der Waals surface area (Å²) in [6.45, 7) is 0.565. The van der Waals surface area contributed by atoms with E-state index in [9.17, 15) is 4.79 Å². The van der Waals surface area contributed by atoms with E-state index in [-0.39, 0.29) is 5.97 Å². The molecule has 0 radical (unpaired) electrons. The van der Waals surface area contributed by atoms with Gasteiger partial charge in [-0.1, -0.05) is 30.3 Å². The summed E-state index contributed by atoms with van der Waals surface area (Å²) in [5.41, 5.74) is 1.78. The Hall–Kier alpha value is -2.27. The molecule has 1 aromatic carbocycles. The lowest BCUT2D eigenvalue weighted by Gasteiger charge is -2.16. The van der Waals surface area contributed by atoms with Crippen molar-refractivity contribution < 1.29 is 9.53 Å². The molecule has 19 heavy (non-hydrogen) atoms. The van der Waals surface area contributed by atoms with E-state index in [1.54, 1.807) is 12.4 Å². The maximum Gasteiger partial charge on any atom is 0.327 e. The SMILES string of the molecule is COC(=O)C(NCc1ccccc1)c1cncnc1. The fourth-order valence-electron chi connectivity index (χ4n) is 1.73. The second-order valence-corrected chi connectivity index (χ2v) is 3.99. The van der Waals surface area contributed by atoms with Gasteiger partial charge in [0.2, 0.25) is 0 Å². The van der Waals surface area contributed by atoms with E-state index >= 15 is 0 Å². The molecule has 0 bridgehead atoms. The first kappa shape index (κ1) is 13.2. The summed E-state index contributed by atoms with van der Waals surface area (Å²) in [7, 11) is 1.36. The van der Waals surface area contributed by atoms with Gasteiger partial charge in [0.1, 0.15) is 12.4 Å². The van der Waals surface area contributed by atoms with Crippen LogP contribution in [0, 0.1) is 0 Å². The van der Waals surface area contributed by atoms with Gasteiger partial charge in [-0.25, -0.2) is 14.8 Å². The fraction of sp³-hybridized carbons (Fsp3) is 0.214. The Bertz CT molecular complexity index is 517. The van der Waals surface area contributed by atoms with E-state index in [4.69, 9.17) is 4.74 Å². The highest BCUT2D eigenvalue weighted by Crippen LogP contribution is 2.13. The minimum absolute atomic E-state index is 0.356. The van der Waals surface area contributed by atoms with Gasteiger partial charge < -0.3 is 4.74 Å². The highest BCUT2D eigenvalue weighted by Gasteiger charge is 2.21. The first-order valence-electron chi connectivity index (χ1n) is 5.91. The standard InChI is InChI=1S/C14H15N3O2/c1-19-14(18)13(12-8-15-10-16-9-12)17-7-11-5-3-2-4-6-11/h2-6,8-10,13,17H,7H2,1H3. The predicted molar refractivity (Wildman–Crippen MR) is 70.1 cm³/mol. The van der Waals surface area contributed by atoms with Crippen molar-refractivity contribution in [2.75, 3.05) is 7.11 Å². The number of carbonyl (C=O) groups is 1. The third-order valence-corrected chi connectivity index (χ3v) is 2.70. The quantitative estimate of drug-likeness (QED) is 0.822. The molecule has 0 spiro atoms. The highest BCUT2D eigenvalue weighted by molar-refractivity contribution is 5.77. The molecule has 98 valence electrons. The average Bonchev–Trinajstić information content (AvgIpc) is 2.49. The molecule has 1 N–H and O–H groups in total. The van der Waals surface area contributed by atoms with Crippen LogP contribution >= 0.6 is 0 Å². The summed E-state index contributed by atoms with van der Waals surface area (Å²) in [4.78, 5) is 19.6. The molecule has 0 fully saturated rings. The Morgan fingerprint density at radius 2 is 1.95 bits per heavy atom. The van der Waals surface area contributed by atoms with Crippen molar-refractivity contribution in [3.05, 3.63) is 60.2 Å². The molecule has 1 aromatic heterocycles. The summed E-state index contributed by atoms with van der Waals surface area (Å²) >= 11 is 0. The van der Waals surface area contributed by atoms with Crippen LogP contribution < -0.4 is 5.32 Å². The number of hydrogen-bond acceptors (Lipinski definition) is 5. The van der Waals surface area contributed by atoms with Crippen LogP contribution in [-0.4, -0.2) is 23.0 Å². The van der Waals surface area contributed by atoms with E-state index in [0.29, 0.717) is 12.1 Å². The number of methoxy groups -OCH3 is 1. The molecular formula is C14H15N3O2. The lowest BCUT2D eigenvalue weighted by atomic mass is 10.1. The average molecular weight is 257 g/mol. The van der Waals surface area contributed by atoms with Gasteiger partial charge in [-0.05, 0) is 5.56 Å². The van der Waals surface area contributed by atoms with Crippen molar-refractivity contribution in [2.24, 2.45) is 0 Å². The molecule has 0 saturated heterocycles. The number of nitrogens with zero attached hydrogens (tertiary/aromatic N) is 2. The van der Waals surface area contributed by atoms with Crippen LogP contribution in [0.1, 0.15) is 17.2 Å². The molecule has 5 nitrogen and oxygen atoms in total. The van der Waals surface area contributed by atoms with Gasteiger partial charge in [0.05, 0.1) is 7.11 Å². The number of aromatic nitrogens is 2. The molecule has 2 aromatic rings. The minimum Gasteiger partial charge on any atom is -0.468 e. The van der Waals surface area contributed by atoms with E-state index < -0.39 is 6.04 Å². The van der Waals surface area contributed by atoms with Crippen molar-refractivity contribution in [2.45, 2.75) is 12.6 Å². The van der Waals surface area contributed by atoms with Crippen molar-refractivity contribution in [1.82, 2.24) is 15.3 Å². The summed E-state index contributed by atoms with van der Waals surface area (Å²) in [6.07, 6.45) is 4.63. The third kappa shape index (κ3) is 3.59. The van der Waals surface area contributed by atoms with Crippen LogP contribution in [0.4, 0.5) is 0 Å². The minimum atomic E-state index is -0.564. The van der Waals surface area contributed by atoms with Crippen LogP contribution in [0.3, 0.4) is 0 Å². The lowest BCUT2D eigenvalue weighted by Crippen LogP contribution is -2.29. The Labute approximate surface area is 111 Å². The normalized spacial score (nSPS) is 11.8. The molecule has 1 unspecified atom stereocenters. The third-order valence-electron chi connectivity index (χ3n) is 2.70. The smallest absolute Gasteiger partial charge is 0.327 e. The number of nitrogens with one attached hydrogen (secondary N) is 1. The van der Waals surface area contributed by atoms with Gasteiger partial charge in [0, 0.05) is 24.5 Å². The molecule has 0 aliphatic rings. The number of ether oxygens (including phenoxy) is 1. The zero-order valence-electron chi connectivity index (χ0n) is 10.6. The van der Waals surface area contributed by atoms with Crippen LogP contribution in [0.5, 0.6) is 0 Å². The lowest BCUT2D eigenvalue weighted by molar-refractivity contribution is -0.143. The van der Waals surface area contributed by atoms with Gasteiger partial charge >= 0.3 is 5.97 Å². The van der Waals surface area contributed by atoms with E-state index in [1.807, 2.05) is 30.3 Å². The number of benzene rings is 1. The molecule has 0 aliphatic heterocycles. The summed E-state index contributed by atoms with van der Waals surface area (Å²) in [5.74, 6) is -0.356. The van der Waals surface area contributed by atoms with Gasteiger partial charge in [-0.15, -0.1) is 0 Å². The molecule has 0 amide bonds. The van der Waals surface area contributed by atoms with E-state index in [0.717, 1.165) is 5.56 Å². The van der Waals surface area contributed by atoms with E-state index in [1.165, 1.54) is 13.4 Å². The van der Waals surface area contributed by atoms with E-state index in [2.05, 4.69) is 15.3 Å². The molecule has 5 heteroatoms. The van der Waals surface area contributed by atoms with Gasteiger partial charge in [0.25, 0.3) is 0 Å². The highest BCUT2D eigenvalue weighted by atomic mass is 16.5. The Balaban J connectivity index is 2.09. The number of hydrogen-bond donors (Lipinski definition) is 1. The molecule has 1 heterocycles.